The maximum atomic E-state index is 6.15. The van der Waals surface area contributed by atoms with Gasteiger partial charge >= 0.3 is 0 Å². The minimum absolute atomic E-state index is 0.550. The summed E-state index contributed by atoms with van der Waals surface area (Å²) in [6, 6.07) is 27.2. The molecule has 5 heteroatoms. The molecule has 5 aromatic rings. The van der Waals surface area contributed by atoms with Crippen LogP contribution in [0.5, 0.6) is 23.0 Å². The van der Waals surface area contributed by atoms with Gasteiger partial charge in [-0.25, -0.2) is 0 Å². The SMILES string of the molecule is Nc1[nH]c(N)c2cc3cc(Oc4ccccc4)c(Oc4ccccc4)cc3cc12. The summed E-state index contributed by atoms with van der Waals surface area (Å²) in [4.78, 5) is 2.99. The molecule has 5 rings (SSSR count). The predicted octanol–water partition coefficient (Wildman–Crippen LogP) is 6.07. The Morgan fingerprint density at radius 2 is 0.966 bits per heavy atom. The molecular formula is C24H19N3O2. The molecule has 0 radical (unpaired) electrons. The minimum atomic E-state index is 0.550. The highest BCUT2D eigenvalue weighted by Crippen LogP contribution is 2.40. The first-order valence-electron chi connectivity index (χ1n) is 9.27. The van der Waals surface area contributed by atoms with Gasteiger partial charge in [-0.05, 0) is 59.3 Å². The fourth-order valence-electron chi connectivity index (χ4n) is 3.42. The molecular weight excluding hydrogens is 362 g/mol. The van der Waals surface area contributed by atoms with Gasteiger partial charge in [0.05, 0.1) is 0 Å². The third-order valence-electron chi connectivity index (χ3n) is 4.83. The average molecular weight is 381 g/mol. The normalized spacial score (nSPS) is 11.0. The van der Waals surface area contributed by atoms with Gasteiger partial charge in [0.15, 0.2) is 11.5 Å². The second-order valence-electron chi connectivity index (χ2n) is 6.83. The number of fused-ring (bicyclic) bond motifs is 2. The fraction of sp³-hybridized carbons (Fsp3) is 0. The molecule has 5 nitrogen and oxygen atoms in total. The zero-order valence-electron chi connectivity index (χ0n) is 15.6. The smallest absolute Gasteiger partial charge is 0.170 e. The number of H-pyrrole nitrogens is 1. The quantitative estimate of drug-likeness (QED) is 0.353. The maximum Gasteiger partial charge on any atom is 0.170 e. The summed E-state index contributed by atoms with van der Waals surface area (Å²) in [5.41, 5.74) is 12.1. The van der Waals surface area contributed by atoms with Crippen molar-refractivity contribution in [2.45, 2.75) is 0 Å². The predicted molar refractivity (Wildman–Crippen MR) is 118 cm³/mol. The van der Waals surface area contributed by atoms with E-state index >= 15 is 0 Å². The van der Waals surface area contributed by atoms with Crippen LogP contribution in [-0.4, -0.2) is 4.98 Å². The van der Waals surface area contributed by atoms with E-state index in [0.717, 1.165) is 33.0 Å². The molecule has 0 aliphatic carbocycles. The lowest BCUT2D eigenvalue weighted by atomic mass is 10.0. The van der Waals surface area contributed by atoms with Crippen molar-refractivity contribution in [2.75, 3.05) is 11.5 Å². The Hall–Kier alpha value is -4.12. The second kappa shape index (κ2) is 6.80. The molecule has 29 heavy (non-hydrogen) atoms. The van der Waals surface area contributed by atoms with Crippen LogP contribution in [0.3, 0.4) is 0 Å². The Morgan fingerprint density at radius 1 is 0.552 bits per heavy atom. The molecule has 0 bridgehead atoms. The zero-order chi connectivity index (χ0) is 19.8. The van der Waals surface area contributed by atoms with Gasteiger partial charge in [0.2, 0.25) is 0 Å². The Balaban J connectivity index is 1.68. The van der Waals surface area contributed by atoms with Crippen molar-refractivity contribution in [1.82, 2.24) is 4.98 Å². The van der Waals surface area contributed by atoms with Crippen LogP contribution in [0.25, 0.3) is 21.5 Å². The van der Waals surface area contributed by atoms with Crippen LogP contribution in [0.2, 0.25) is 0 Å². The second-order valence-corrected chi connectivity index (χ2v) is 6.83. The molecule has 0 spiro atoms. The number of hydrogen-bond acceptors (Lipinski definition) is 4. The number of nitrogens with one attached hydrogen (secondary N) is 1. The number of aromatic nitrogens is 1. The van der Waals surface area contributed by atoms with Crippen molar-refractivity contribution in [3.05, 3.63) is 84.9 Å². The van der Waals surface area contributed by atoms with Crippen molar-refractivity contribution < 1.29 is 9.47 Å². The summed E-state index contributed by atoms with van der Waals surface area (Å²) in [5, 5.41) is 3.74. The molecule has 0 aliphatic rings. The van der Waals surface area contributed by atoms with Gasteiger partial charge in [0, 0.05) is 10.8 Å². The highest BCUT2D eigenvalue weighted by molar-refractivity contribution is 6.08. The van der Waals surface area contributed by atoms with Gasteiger partial charge < -0.3 is 25.9 Å². The topological polar surface area (TPSA) is 86.3 Å². The van der Waals surface area contributed by atoms with E-state index in [4.69, 9.17) is 20.9 Å². The third-order valence-corrected chi connectivity index (χ3v) is 4.83. The lowest BCUT2D eigenvalue weighted by Gasteiger charge is -2.14. The lowest BCUT2D eigenvalue weighted by Crippen LogP contribution is -1.91. The van der Waals surface area contributed by atoms with Gasteiger partial charge in [-0.3, -0.25) is 0 Å². The van der Waals surface area contributed by atoms with E-state index in [-0.39, 0.29) is 0 Å². The number of benzene rings is 4. The van der Waals surface area contributed by atoms with Crippen LogP contribution in [-0.2, 0) is 0 Å². The first kappa shape index (κ1) is 17.0. The Kier molecular flexibility index (Phi) is 3.99. The summed E-state index contributed by atoms with van der Waals surface area (Å²) >= 11 is 0. The number of nitrogens with two attached hydrogens (primary N) is 2. The molecule has 0 unspecified atom stereocenters. The molecule has 4 aromatic carbocycles. The van der Waals surface area contributed by atoms with E-state index < -0.39 is 0 Å². The lowest BCUT2D eigenvalue weighted by molar-refractivity contribution is 0.420. The van der Waals surface area contributed by atoms with Crippen molar-refractivity contribution in [1.29, 1.82) is 0 Å². The van der Waals surface area contributed by atoms with Crippen molar-refractivity contribution in [3.63, 3.8) is 0 Å². The first-order chi connectivity index (χ1) is 14.2. The number of anilines is 2. The first-order valence-corrected chi connectivity index (χ1v) is 9.27. The molecule has 0 saturated heterocycles. The summed E-state index contributed by atoms with van der Waals surface area (Å²) in [6.45, 7) is 0. The van der Waals surface area contributed by atoms with E-state index in [1.54, 1.807) is 0 Å². The largest absolute Gasteiger partial charge is 0.453 e. The van der Waals surface area contributed by atoms with Crippen LogP contribution < -0.4 is 20.9 Å². The number of nitrogen functional groups attached to an aromatic ring is 2. The van der Waals surface area contributed by atoms with Crippen LogP contribution in [0.1, 0.15) is 0 Å². The molecule has 0 fully saturated rings. The number of hydrogen-bond donors (Lipinski definition) is 3. The molecule has 0 atom stereocenters. The summed E-state index contributed by atoms with van der Waals surface area (Å²) < 4.78 is 12.3. The molecule has 0 aliphatic heterocycles. The molecule has 0 saturated carbocycles. The summed E-state index contributed by atoms with van der Waals surface area (Å²) in [5.74, 6) is 3.81. The fourth-order valence-corrected chi connectivity index (χ4v) is 3.42. The van der Waals surface area contributed by atoms with Gasteiger partial charge in [-0.1, -0.05) is 36.4 Å². The summed E-state index contributed by atoms with van der Waals surface area (Å²) in [7, 11) is 0. The Morgan fingerprint density at radius 3 is 1.38 bits per heavy atom. The van der Waals surface area contributed by atoms with E-state index in [2.05, 4.69) is 4.98 Å². The monoisotopic (exact) mass is 381 g/mol. The average Bonchev–Trinajstić information content (AvgIpc) is 3.01. The van der Waals surface area contributed by atoms with Gasteiger partial charge in [-0.2, -0.15) is 0 Å². The highest BCUT2D eigenvalue weighted by atomic mass is 16.5. The number of ether oxygens (including phenoxy) is 2. The molecule has 5 N–H and O–H groups in total. The van der Waals surface area contributed by atoms with E-state index in [1.165, 1.54) is 0 Å². The minimum Gasteiger partial charge on any atom is -0.453 e. The summed E-state index contributed by atoms with van der Waals surface area (Å²) in [6.07, 6.45) is 0. The third kappa shape index (κ3) is 3.19. The molecule has 142 valence electrons. The number of rotatable bonds is 4. The molecule has 1 heterocycles. The van der Waals surface area contributed by atoms with E-state index in [0.29, 0.717) is 23.1 Å². The maximum absolute atomic E-state index is 6.15. The van der Waals surface area contributed by atoms with Gasteiger partial charge in [-0.15, -0.1) is 0 Å². The number of para-hydroxylation sites is 2. The van der Waals surface area contributed by atoms with Crippen molar-refractivity contribution >= 4 is 33.2 Å². The van der Waals surface area contributed by atoms with Crippen LogP contribution in [0.15, 0.2) is 84.9 Å². The van der Waals surface area contributed by atoms with Crippen LogP contribution in [0, 0.1) is 0 Å². The van der Waals surface area contributed by atoms with Crippen LogP contribution in [0.4, 0.5) is 11.6 Å². The van der Waals surface area contributed by atoms with Crippen molar-refractivity contribution in [3.8, 4) is 23.0 Å². The van der Waals surface area contributed by atoms with Gasteiger partial charge in [0.25, 0.3) is 0 Å². The number of aromatic amines is 1. The van der Waals surface area contributed by atoms with E-state index in [1.807, 2.05) is 84.9 Å². The van der Waals surface area contributed by atoms with Gasteiger partial charge in [0.1, 0.15) is 23.1 Å². The standard InChI is InChI=1S/C24H19N3O2/c25-23-19-11-15-13-21(28-17-7-3-1-4-8-17)22(29-18-9-5-2-6-10-18)14-16(15)12-20(19)24(26)27-23/h1-14,27H,25-26H2. The van der Waals surface area contributed by atoms with Crippen molar-refractivity contribution in [2.24, 2.45) is 0 Å². The van der Waals surface area contributed by atoms with Crippen LogP contribution >= 0.6 is 0 Å². The zero-order valence-corrected chi connectivity index (χ0v) is 15.6. The van der Waals surface area contributed by atoms with E-state index in [9.17, 15) is 0 Å². The molecule has 1 aromatic heterocycles. The highest BCUT2D eigenvalue weighted by Gasteiger charge is 2.13. The molecule has 0 amide bonds. The Labute approximate surface area is 167 Å². The Bertz CT molecular complexity index is 1210.